The van der Waals surface area contributed by atoms with Crippen LogP contribution in [0.1, 0.15) is 18.1 Å². The average molecular weight is 546 g/mol. The van der Waals surface area contributed by atoms with Crippen LogP contribution in [0.25, 0.3) is 6.08 Å². The van der Waals surface area contributed by atoms with Gasteiger partial charge in [0.15, 0.2) is 11.5 Å². The van der Waals surface area contributed by atoms with Crippen molar-refractivity contribution in [1.29, 1.82) is 5.26 Å². The van der Waals surface area contributed by atoms with E-state index < -0.39 is 5.91 Å². The summed E-state index contributed by atoms with van der Waals surface area (Å²) in [6, 6.07) is 19.6. The fourth-order valence-electron chi connectivity index (χ4n) is 2.92. The van der Waals surface area contributed by atoms with Crippen molar-refractivity contribution >= 4 is 56.8 Å². The van der Waals surface area contributed by atoms with Crippen molar-refractivity contribution in [2.45, 2.75) is 13.5 Å². The first-order valence-corrected chi connectivity index (χ1v) is 11.5. The third-order valence-corrected chi connectivity index (χ3v) is 5.71. The van der Waals surface area contributed by atoms with E-state index in [1.165, 1.54) is 6.08 Å². The monoisotopic (exact) mass is 544 g/mol. The highest BCUT2D eigenvalue weighted by atomic mass is 79.9. The van der Waals surface area contributed by atoms with Crippen LogP contribution in [0.15, 0.2) is 70.7 Å². The number of anilines is 1. The van der Waals surface area contributed by atoms with E-state index in [0.29, 0.717) is 39.4 Å². The molecule has 3 aromatic carbocycles. The van der Waals surface area contributed by atoms with Crippen LogP contribution >= 0.6 is 39.1 Å². The summed E-state index contributed by atoms with van der Waals surface area (Å²) in [4.78, 5) is 12.6. The van der Waals surface area contributed by atoms with Gasteiger partial charge in [-0.05, 0) is 55.0 Å². The molecule has 3 aromatic rings. The van der Waals surface area contributed by atoms with E-state index in [1.54, 1.807) is 36.4 Å². The molecular formula is C25H19BrCl2N2O3. The summed E-state index contributed by atoms with van der Waals surface area (Å²) < 4.78 is 12.6. The van der Waals surface area contributed by atoms with Crippen LogP contribution < -0.4 is 14.8 Å². The van der Waals surface area contributed by atoms with E-state index >= 15 is 0 Å². The number of nitrogens with one attached hydrogen (secondary N) is 1. The van der Waals surface area contributed by atoms with Gasteiger partial charge in [-0.25, -0.2) is 0 Å². The molecule has 5 nitrogen and oxygen atoms in total. The fraction of sp³-hybridized carbons (Fsp3) is 0.120. The number of carbonyl (C=O) groups excluding carboxylic acids is 1. The lowest BCUT2D eigenvalue weighted by Gasteiger charge is -2.15. The Kier molecular flexibility index (Phi) is 8.79. The van der Waals surface area contributed by atoms with Gasteiger partial charge >= 0.3 is 0 Å². The SMILES string of the molecule is CCOc1cc(/C=C(\C#N)C(=O)Nc2cccc(Cl)c2)cc(Cl)c1OCc1ccccc1Br. The van der Waals surface area contributed by atoms with Gasteiger partial charge in [-0.1, -0.05) is 63.4 Å². The van der Waals surface area contributed by atoms with E-state index in [-0.39, 0.29) is 12.2 Å². The van der Waals surface area contributed by atoms with Gasteiger partial charge in [0.05, 0.1) is 11.6 Å². The van der Waals surface area contributed by atoms with Gasteiger partial charge in [-0.3, -0.25) is 4.79 Å². The van der Waals surface area contributed by atoms with Crippen LogP contribution in [-0.2, 0) is 11.4 Å². The number of ether oxygens (including phenoxy) is 2. The summed E-state index contributed by atoms with van der Waals surface area (Å²) in [7, 11) is 0. The minimum atomic E-state index is -0.567. The maximum Gasteiger partial charge on any atom is 0.266 e. The van der Waals surface area contributed by atoms with Crippen molar-refractivity contribution in [2.24, 2.45) is 0 Å². The number of nitrogens with zero attached hydrogens (tertiary/aromatic N) is 1. The number of benzene rings is 3. The van der Waals surface area contributed by atoms with Crippen LogP contribution in [0.2, 0.25) is 10.0 Å². The summed E-state index contributed by atoms with van der Waals surface area (Å²) >= 11 is 15.9. The lowest BCUT2D eigenvalue weighted by molar-refractivity contribution is -0.112. The predicted molar refractivity (Wildman–Crippen MR) is 135 cm³/mol. The van der Waals surface area contributed by atoms with Gasteiger partial charge in [-0.2, -0.15) is 5.26 Å². The Bertz CT molecular complexity index is 1240. The Morgan fingerprint density at radius 1 is 1.12 bits per heavy atom. The van der Waals surface area contributed by atoms with E-state index in [4.69, 9.17) is 32.7 Å². The average Bonchev–Trinajstić information content (AvgIpc) is 2.78. The predicted octanol–water partition coefficient (Wildman–Crippen LogP) is 7.28. The van der Waals surface area contributed by atoms with Crippen molar-refractivity contribution in [3.05, 3.63) is 91.9 Å². The van der Waals surface area contributed by atoms with Gasteiger partial charge in [-0.15, -0.1) is 0 Å². The van der Waals surface area contributed by atoms with Gasteiger partial charge in [0.1, 0.15) is 18.2 Å². The summed E-state index contributed by atoms with van der Waals surface area (Å²) in [5.41, 5.74) is 1.85. The number of hydrogen-bond donors (Lipinski definition) is 1. The zero-order valence-electron chi connectivity index (χ0n) is 17.6. The molecule has 1 amide bonds. The van der Waals surface area contributed by atoms with Crippen LogP contribution in [0.3, 0.4) is 0 Å². The Hall–Kier alpha value is -2.98. The highest BCUT2D eigenvalue weighted by molar-refractivity contribution is 9.10. The number of amides is 1. The van der Waals surface area contributed by atoms with E-state index in [9.17, 15) is 10.1 Å². The summed E-state index contributed by atoms with van der Waals surface area (Å²) in [5, 5.41) is 13.0. The molecule has 0 aliphatic rings. The Balaban J connectivity index is 1.86. The molecule has 0 radical (unpaired) electrons. The normalized spacial score (nSPS) is 10.9. The molecule has 0 saturated heterocycles. The summed E-state index contributed by atoms with van der Waals surface area (Å²) in [6.07, 6.45) is 1.44. The topological polar surface area (TPSA) is 71.3 Å². The van der Waals surface area contributed by atoms with Gasteiger partial charge < -0.3 is 14.8 Å². The third-order valence-electron chi connectivity index (χ3n) is 4.42. The maximum atomic E-state index is 12.6. The Labute approximate surface area is 210 Å². The largest absolute Gasteiger partial charge is 0.490 e. The van der Waals surface area contributed by atoms with Gasteiger partial charge in [0.2, 0.25) is 0 Å². The molecule has 0 fully saturated rings. The zero-order valence-corrected chi connectivity index (χ0v) is 20.7. The minimum absolute atomic E-state index is 0.102. The molecule has 3 rings (SSSR count). The highest BCUT2D eigenvalue weighted by Gasteiger charge is 2.15. The molecule has 8 heteroatoms. The first kappa shape index (κ1) is 24.7. The second-order valence-corrected chi connectivity index (χ2v) is 8.48. The molecule has 0 heterocycles. The minimum Gasteiger partial charge on any atom is -0.490 e. The van der Waals surface area contributed by atoms with Crippen molar-refractivity contribution in [2.75, 3.05) is 11.9 Å². The lowest BCUT2D eigenvalue weighted by Crippen LogP contribution is -2.13. The molecule has 0 unspecified atom stereocenters. The fourth-order valence-corrected chi connectivity index (χ4v) is 3.78. The standard InChI is InChI=1S/C25H19BrCl2N2O3/c1-2-32-23-12-16(10-18(14-29)25(31)30-20-8-5-7-19(27)13-20)11-22(28)24(23)33-15-17-6-3-4-9-21(17)26/h3-13H,2,15H2,1H3,(H,30,31)/b18-10+. The molecule has 0 atom stereocenters. The first-order valence-electron chi connectivity index (χ1n) is 9.92. The molecule has 168 valence electrons. The molecular weight excluding hydrogens is 527 g/mol. The number of carbonyl (C=O) groups is 1. The van der Waals surface area contributed by atoms with E-state index in [2.05, 4.69) is 21.2 Å². The van der Waals surface area contributed by atoms with Crippen molar-refractivity contribution < 1.29 is 14.3 Å². The highest BCUT2D eigenvalue weighted by Crippen LogP contribution is 2.38. The first-order chi connectivity index (χ1) is 15.9. The smallest absolute Gasteiger partial charge is 0.266 e. The van der Waals surface area contributed by atoms with E-state index in [0.717, 1.165) is 10.0 Å². The van der Waals surface area contributed by atoms with Gasteiger partial charge in [0.25, 0.3) is 5.91 Å². The van der Waals surface area contributed by atoms with Crippen molar-refractivity contribution in [3.8, 4) is 17.6 Å². The van der Waals surface area contributed by atoms with Crippen molar-refractivity contribution in [1.82, 2.24) is 0 Å². The molecule has 0 spiro atoms. The van der Waals surface area contributed by atoms with Crippen LogP contribution in [-0.4, -0.2) is 12.5 Å². The molecule has 0 aliphatic carbocycles. The lowest BCUT2D eigenvalue weighted by atomic mass is 10.1. The zero-order chi connectivity index (χ0) is 23.8. The molecule has 0 saturated carbocycles. The second-order valence-electron chi connectivity index (χ2n) is 6.78. The Morgan fingerprint density at radius 3 is 2.61 bits per heavy atom. The summed E-state index contributed by atoms with van der Waals surface area (Å²) in [5.74, 6) is 0.229. The quantitative estimate of drug-likeness (QED) is 0.238. The number of nitriles is 1. The number of rotatable bonds is 8. The molecule has 1 N–H and O–H groups in total. The molecule has 33 heavy (non-hydrogen) atoms. The van der Waals surface area contributed by atoms with Crippen molar-refractivity contribution in [3.63, 3.8) is 0 Å². The van der Waals surface area contributed by atoms with Crippen LogP contribution in [0.5, 0.6) is 11.5 Å². The van der Waals surface area contributed by atoms with Gasteiger partial charge in [0, 0.05) is 20.7 Å². The molecule has 0 bridgehead atoms. The molecule has 0 aromatic heterocycles. The van der Waals surface area contributed by atoms with Crippen LogP contribution in [0, 0.1) is 11.3 Å². The third kappa shape index (κ3) is 6.75. The number of hydrogen-bond acceptors (Lipinski definition) is 4. The second kappa shape index (κ2) is 11.8. The maximum absolute atomic E-state index is 12.6. The summed E-state index contributed by atoms with van der Waals surface area (Å²) in [6.45, 7) is 2.50. The molecule has 0 aliphatic heterocycles. The Morgan fingerprint density at radius 2 is 1.91 bits per heavy atom. The van der Waals surface area contributed by atoms with Crippen LogP contribution in [0.4, 0.5) is 5.69 Å². The number of halogens is 3. The van der Waals surface area contributed by atoms with E-state index in [1.807, 2.05) is 37.3 Å².